The maximum atomic E-state index is 7.88. The van der Waals surface area contributed by atoms with Crippen LogP contribution in [0.1, 0.15) is 128 Å². The van der Waals surface area contributed by atoms with Crippen molar-refractivity contribution in [2.75, 3.05) is 0 Å². The van der Waals surface area contributed by atoms with Crippen LogP contribution in [0, 0.1) is 55.4 Å². The third kappa shape index (κ3) is 20.2. The van der Waals surface area contributed by atoms with Crippen molar-refractivity contribution in [2.45, 2.75) is 135 Å². The highest BCUT2D eigenvalue weighted by atomic mass is 14.9. The number of pyridine rings is 6. The molecule has 0 N–H and O–H groups in total. The van der Waals surface area contributed by atoms with Gasteiger partial charge >= 0.3 is 0 Å². The van der Waals surface area contributed by atoms with Crippen LogP contribution < -0.4 is 27.4 Å². The lowest BCUT2D eigenvalue weighted by molar-refractivity contribution is -0.661. The van der Waals surface area contributed by atoms with Gasteiger partial charge in [-0.25, -0.2) is 27.4 Å². The van der Waals surface area contributed by atoms with Gasteiger partial charge < -0.3 is 0 Å². The van der Waals surface area contributed by atoms with Gasteiger partial charge in [-0.1, -0.05) is 139 Å². The van der Waals surface area contributed by atoms with Gasteiger partial charge in [0.1, 0.15) is 42.3 Å². The Morgan fingerprint density at radius 2 is 0.541 bits per heavy atom. The molecular formula is C92H112N6+6. The quantitative estimate of drug-likeness (QED) is 0.109. The average Bonchev–Trinajstić information content (AvgIpc) is 0.806. The molecule has 12 rings (SSSR count). The van der Waals surface area contributed by atoms with E-state index in [2.05, 4.69) is 260 Å². The van der Waals surface area contributed by atoms with Gasteiger partial charge in [-0.05, 0) is 209 Å². The molecule has 6 nitrogen and oxygen atoms in total. The van der Waals surface area contributed by atoms with Crippen molar-refractivity contribution < 1.29 is 35.6 Å². The molecule has 0 aliphatic carbocycles. The molecule has 0 atom stereocenters. The first-order chi connectivity index (χ1) is 49.2. The number of nitrogens with zero attached hydrogens (tertiary/aromatic N) is 6. The van der Waals surface area contributed by atoms with Crippen molar-refractivity contribution in [2.24, 2.45) is 42.3 Å². The van der Waals surface area contributed by atoms with E-state index in [9.17, 15) is 0 Å². The Labute approximate surface area is 599 Å². The summed E-state index contributed by atoms with van der Waals surface area (Å²) in [5.74, 6) is 0. The second-order valence-electron chi connectivity index (χ2n) is 25.4. The predicted octanol–water partition coefficient (Wildman–Crippen LogP) is 18.9. The molecule has 6 aromatic heterocycles. The van der Waals surface area contributed by atoms with Crippen molar-refractivity contribution in [3.05, 3.63) is 321 Å². The summed E-state index contributed by atoms with van der Waals surface area (Å²) in [7, 11) is 12.3. The fraction of sp³-hybridized carbons (Fsp3) is 0.283. The number of hydrogen-bond acceptors (Lipinski definition) is 0. The maximum absolute atomic E-state index is 7.88. The van der Waals surface area contributed by atoms with Crippen molar-refractivity contribution in [3.8, 4) is 67.5 Å². The van der Waals surface area contributed by atoms with Crippen LogP contribution in [0.4, 0.5) is 0 Å². The van der Waals surface area contributed by atoms with E-state index in [1.54, 1.807) is 20.8 Å². The molecule has 6 heterocycles. The summed E-state index contributed by atoms with van der Waals surface area (Å²) in [6.07, 6.45) is 11.7. The lowest BCUT2D eigenvalue weighted by atomic mass is 10.0. The minimum Gasteiger partial charge on any atom is -0.201 e. The molecule has 0 aliphatic heterocycles. The molecule has 504 valence electrons. The van der Waals surface area contributed by atoms with Crippen LogP contribution in [0.3, 0.4) is 0 Å². The Balaban J connectivity index is 0.000000175. The molecule has 98 heavy (non-hydrogen) atoms. The van der Waals surface area contributed by atoms with Crippen molar-refractivity contribution in [1.82, 2.24) is 0 Å². The van der Waals surface area contributed by atoms with Crippen LogP contribution >= 0.6 is 0 Å². The molecule has 0 aliphatic rings. The van der Waals surface area contributed by atoms with Gasteiger partial charge in [0.25, 0.3) is 0 Å². The van der Waals surface area contributed by atoms with E-state index in [0.29, 0.717) is 5.56 Å². The number of aromatic nitrogens is 6. The minimum absolute atomic E-state index is 0.707. The zero-order valence-electron chi connectivity index (χ0n) is 68.4. The highest BCUT2D eigenvalue weighted by Crippen LogP contribution is 2.27. The smallest absolute Gasteiger partial charge is 0.201 e. The first-order valence-corrected chi connectivity index (χ1v) is 34.5. The summed E-state index contributed by atoms with van der Waals surface area (Å²) in [5, 5.41) is 0. The molecule has 6 heteroatoms. The highest BCUT2D eigenvalue weighted by Gasteiger charge is 2.19. The number of hydrogen-bond donors (Lipinski definition) is 0. The van der Waals surface area contributed by atoms with Crippen molar-refractivity contribution in [3.63, 3.8) is 0 Å². The van der Waals surface area contributed by atoms with Crippen molar-refractivity contribution >= 4 is 0 Å². The lowest BCUT2D eigenvalue weighted by Gasteiger charge is -2.07. The Morgan fingerprint density at radius 3 is 0.908 bits per heavy atom. The Morgan fingerprint density at radius 1 is 0.235 bits per heavy atom. The first-order valence-electron chi connectivity index (χ1n) is 37.5. The first kappa shape index (κ1) is 66.8. The molecule has 0 saturated heterocycles. The zero-order valence-corrected chi connectivity index (χ0v) is 62.4. The van der Waals surface area contributed by atoms with E-state index >= 15 is 0 Å². The van der Waals surface area contributed by atoms with Crippen LogP contribution in [0.25, 0.3) is 67.5 Å². The maximum Gasteiger partial charge on any atom is 0.212 e. The Bertz CT molecular complexity index is 4880. The average molecular weight is 1310 g/mol. The number of aryl methyl sites for hydroxylation is 20. The fourth-order valence-electron chi connectivity index (χ4n) is 12.2. The van der Waals surface area contributed by atoms with Gasteiger partial charge in [0.2, 0.25) is 34.2 Å². The SMILES string of the molecule is CCc1c[n+](C)c(-c2ccccc2C)cc1C.CCc1cc[n+](C)c(-c2ccccc2C)c1.CCc1ccc(-c2cccc[n+]2C)c(C)c1.[2H]C([2H])(C)c1c[n+](C)c(-c2ccccc2C)cc1C.[2H]C([2H])(C)c1cc[n+](C)c(-c2ccccc2C)c1.[2H]C([2H])(C)c1ccc(-c2cccc[n+]2C)c(C)c1. The fourth-order valence-corrected chi connectivity index (χ4v) is 12.2. The van der Waals surface area contributed by atoms with E-state index in [-0.39, 0.29) is 0 Å². The van der Waals surface area contributed by atoms with Gasteiger partial charge in [-0.15, -0.1) is 0 Å². The van der Waals surface area contributed by atoms with Gasteiger partial charge in [-0.2, -0.15) is 0 Å². The van der Waals surface area contributed by atoms with E-state index in [0.717, 1.165) is 69.7 Å². The molecule has 0 saturated carbocycles. The molecule has 0 radical (unpaired) electrons. The third-order valence-electron chi connectivity index (χ3n) is 18.3. The van der Waals surface area contributed by atoms with E-state index < -0.39 is 19.1 Å². The van der Waals surface area contributed by atoms with Crippen LogP contribution in [-0.4, -0.2) is 0 Å². The summed E-state index contributed by atoms with van der Waals surface area (Å²) >= 11 is 0. The third-order valence-corrected chi connectivity index (χ3v) is 18.3. The van der Waals surface area contributed by atoms with Gasteiger partial charge in [-0.3, -0.25) is 0 Å². The van der Waals surface area contributed by atoms with E-state index in [1.807, 2.05) is 129 Å². The van der Waals surface area contributed by atoms with Crippen molar-refractivity contribution in [1.29, 1.82) is 0 Å². The summed E-state index contributed by atoms with van der Waals surface area (Å²) in [4.78, 5) is 0. The number of rotatable bonds is 12. The molecule has 0 spiro atoms. The highest BCUT2D eigenvalue weighted by molar-refractivity contribution is 5.66. The molecule has 0 amide bonds. The summed E-state index contributed by atoms with van der Waals surface area (Å²) in [5.41, 5.74) is 30.8. The van der Waals surface area contributed by atoms with Crippen LogP contribution in [0.2, 0.25) is 0 Å². The molecule has 0 fully saturated rings. The molecule has 0 unspecified atom stereocenters. The topological polar surface area (TPSA) is 23.3 Å². The lowest BCUT2D eigenvalue weighted by Crippen LogP contribution is -2.32. The predicted molar refractivity (Wildman–Crippen MR) is 412 cm³/mol. The minimum atomic E-state index is -1.31. The standard InChI is InChI=1S/2C16H20N.4C15H18N/c2*1-5-14-11-17(4)16(10-13(14)3)15-9-7-6-8-12(15)2;2*1-4-13-8-9-14(12(2)11-13)15-7-5-6-10-16(15)3;2*1-4-13-9-10-16(3)15(11-13)14-8-6-5-7-12(14)2/h2*6-11H,5H2,1-4H3;4*5-11H,4H2,1-3H3/q6*+1/i5D2;;4D2;;4D2;. The van der Waals surface area contributed by atoms with Gasteiger partial charge in [0, 0.05) is 113 Å². The van der Waals surface area contributed by atoms with E-state index in [4.69, 9.17) is 8.22 Å². The largest absolute Gasteiger partial charge is 0.212 e. The second-order valence-corrected chi connectivity index (χ2v) is 25.4. The summed E-state index contributed by atoms with van der Waals surface area (Å²) < 4.78 is 59.6. The second kappa shape index (κ2) is 37.1. The van der Waals surface area contributed by atoms with Crippen LogP contribution in [-0.2, 0) is 80.7 Å². The van der Waals surface area contributed by atoms with E-state index in [1.165, 1.54) is 89.4 Å². The van der Waals surface area contributed by atoms with Crippen LogP contribution in [0.5, 0.6) is 0 Å². The molecule has 12 aromatic rings. The summed E-state index contributed by atoms with van der Waals surface area (Å²) in [6, 6.07) is 71.0. The van der Waals surface area contributed by atoms with Gasteiger partial charge in [0.05, 0.1) is 0 Å². The van der Waals surface area contributed by atoms with Gasteiger partial charge in [0.15, 0.2) is 37.2 Å². The Hall–Kier alpha value is -9.78. The monoisotopic (exact) mass is 1310 g/mol. The molecule has 0 bridgehead atoms. The normalized spacial score (nSPS) is 11.8. The molecule has 6 aromatic carbocycles. The summed E-state index contributed by atoms with van der Waals surface area (Å²) in [6.45, 7) is 28.2. The van der Waals surface area contributed by atoms with Crippen LogP contribution in [0.15, 0.2) is 243 Å². The zero-order chi connectivity index (χ0) is 76.4. The number of benzene rings is 6. The molecular weight excluding hydrogens is 1190 g/mol. The Kier molecular flexibility index (Phi) is 25.3.